The summed E-state index contributed by atoms with van der Waals surface area (Å²) in [7, 11) is 0. The van der Waals surface area contributed by atoms with Crippen LogP contribution < -0.4 is 0 Å². The minimum atomic E-state index is 0.398. The maximum absolute atomic E-state index is 9.13. The molecule has 3 rings (SSSR count). The third-order valence-corrected chi connectivity index (χ3v) is 2.98. The van der Waals surface area contributed by atoms with Crippen LogP contribution >= 0.6 is 11.6 Å². The average molecular weight is 282 g/mol. The number of nitriles is 1. The number of hydrogen-bond donors (Lipinski definition) is 0. The third-order valence-electron chi connectivity index (χ3n) is 2.74. The van der Waals surface area contributed by atoms with E-state index < -0.39 is 0 Å². The molecule has 0 atom stereocenters. The van der Waals surface area contributed by atoms with Crippen molar-refractivity contribution in [3.05, 3.63) is 59.1 Å². The standard InChI is InChI=1S/C14H8ClN5/c15-12-6-7-13(11(8-12)9-16)20-18-14(17-19-20)10-4-2-1-3-5-10/h1-8H. The summed E-state index contributed by atoms with van der Waals surface area (Å²) in [6.45, 7) is 0. The van der Waals surface area contributed by atoms with E-state index in [-0.39, 0.29) is 0 Å². The number of rotatable bonds is 2. The summed E-state index contributed by atoms with van der Waals surface area (Å²) in [5.41, 5.74) is 1.81. The first-order valence-electron chi connectivity index (χ1n) is 5.83. The molecule has 2 aromatic carbocycles. The summed E-state index contributed by atoms with van der Waals surface area (Å²) in [6.07, 6.45) is 0. The zero-order chi connectivity index (χ0) is 13.9. The first-order valence-corrected chi connectivity index (χ1v) is 6.21. The Kier molecular flexibility index (Phi) is 3.15. The van der Waals surface area contributed by atoms with Crippen molar-refractivity contribution in [3.8, 4) is 23.1 Å². The van der Waals surface area contributed by atoms with E-state index in [1.165, 1.54) is 4.80 Å². The van der Waals surface area contributed by atoms with Crippen molar-refractivity contribution in [2.75, 3.05) is 0 Å². The van der Waals surface area contributed by atoms with Crippen LogP contribution in [0.1, 0.15) is 5.56 Å². The van der Waals surface area contributed by atoms with E-state index in [0.29, 0.717) is 22.1 Å². The topological polar surface area (TPSA) is 67.4 Å². The van der Waals surface area contributed by atoms with Gasteiger partial charge in [-0.15, -0.1) is 15.0 Å². The number of hydrogen-bond acceptors (Lipinski definition) is 4. The fourth-order valence-electron chi connectivity index (χ4n) is 1.79. The van der Waals surface area contributed by atoms with E-state index in [9.17, 15) is 0 Å². The Labute approximate surface area is 120 Å². The van der Waals surface area contributed by atoms with Crippen LogP contribution in [-0.2, 0) is 0 Å². The highest BCUT2D eigenvalue weighted by molar-refractivity contribution is 6.30. The second-order valence-electron chi connectivity index (χ2n) is 4.04. The average Bonchev–Trinajstić information content (AvgIpc) is 2.97. The molecule has 0 spiro atoms. The molecule has 0 fully saturated rings. The molecule has 3 aromatic rings. The Morgan fingerprint density at radius 1 is 1.10 bits per heavy atom. The smallest absolute Gasteiger partial charge is 0.192 e. The van der Waals surface area contributed by atoms with Crippen molar-refractivity contribution < 1.29 is 0 Å². The highest BCUT2D eigenvalue weighted by Gasteiger charge is 2.10. The third kappa shape index (κ3) is 2.25. The quantitative estimate of drug-likeness (QED) is 0.724. The number of halogens is 1. The van der Waals surface area contributed by atoms with Gasteiger partial charge in [-0.2, -0.15) is 5.26 Å². The fourth-order valence-corrected chi connectivity index (χ4v) is 1.96. The SMILES string of the molecule is N#Cc1cc(Cl)ccc1-n1nnc(-c2ccccc2)n1. The van der Waals surface area contributed by atoms with Gasteiger partial charge in [0.05, 0.1) is 5.56 Å². The van der Waals surface area contributed by atoms with Gasteiger partial charge in [0.2, 0.25) is 5.82 Å². The zero-order valence-corrected chi connectivity index (χ0v) is 11.0. The van der Waals surface area contributed by atoms with Gasteiger partial charge in [0, 0.05) is 10.6 Å². The zero-order valence-electron chi connectivity index (χ0n) is 10.2. The molecular formula is C14H8ClN5. The van der Waals surface area contributed by atoms with E-state index in [1.54, 1.807) is 18.2 Å². The Hall–Kier alpha value is -2.71. The minimum absolute atomic E-state index is 0.398. The van der Waals surface area contributed by atoms with Crippen LogP contribution in [0.3, 0.4) is 0 Å². The van der Waals surface area contributed by atoms with Gasteiger partial charge >= 0.3 is 0 Å². The molecule has 0 bridgehead atoms. The van der Waals surface area contributed by atoms with Gasteiger partial charge in [-0.1, -0.05) is 41.9 Å². The fraction of sp³-hybridized carbons (Fsp3) is 0. The molecule has 0 saturated carbocycles. The number of tetrazole rings is 1. The summed E-state index contributed by atoms with van der Waals surface area (Å²) in [5.74, 6) is 0.504. The molecule has 0 amide bonds. The Balaban J connectivity index is 2.05. The summed E-state index contributed by atoms with van der Waals surface area (Å²) < 4.78 is 0. The second kappa shape index (κ2) is 5.11. The van der Waals surface area contributed by atoms with Gasteiger partial charge in [0.1, 0.15) is 11.8 Å². The summed E-state index contributed by atoms with van der Waals surface area (Å²) in [5, 5.41) is 21.9. The van der Waals surface area contributed by atoms with Crippen LogP contribution in [0.4, 0.5) is 0 Å². The lowest BCUT2D eigenvalue weighted by Crippen LogP contribution is -2.01. The molecule has 5 nitrogen and oxygen atoms in total. The van der Waals surface area contributed by atoms with Crippen molar-refractivity contribution in [2.24, 2.45) is 0 Å². The lowest BCUT2D eigenvalue weighted by molar-refractivity contribution is 0.718. The lowest BCUT2D eigenvalue weighted by atomic mass is 10.2. The molecule has 1 heterocycles. The van der Waals surface area contributed by atoms with Gasteiger partial charge < -0.3 is 0 Å². The van der Waals surface area contributed by atoms with Crippen LogP contribution in [0.2, 0.25) is 5.02 Å². The van der Waals surface area contributed by atoms with Crippen LogP contribution in [0.25, 0.3) is 17.1 Å². The van der Waals surface area contributed by atoms with Gasteiger partial charge in [-0.3, -0.25) is 0 Å². The highest BCUT2D eigenvalue weighted by Crippen LogP contribution is 2.19. The normalized spacial score (nSPS) is 10.2. The van der Waals surface area contributed by atoms with Gasteiger partial charge in [0.15, 0.2) is 0 Å². The molecule has 1 aromatic heterocycles. The second-order valence-corrected chi connectivity index (χ2v) is 4.48. The molecule has 0 radical (unpaired) electrons. The van der Waals surface area contributed by atoms with Gasteiger partial charge in [-0.05, 0) is 23.4 Å². The van der Waals surface area contributed by atoms with Crippen molar-refractivity contribution in [1.29, 1.82) is 5.26 Å². The van der Waals surface area contributed by atoms with E-state index in [0.717, 1.165) is 5.56 Å². The Bertz CT molecular complexity index is 789. The molecule has 96 valence electrons. The van der Waals surface area contributed by atoms with Crippen LogP contribution in [0, 0.1) is 11.3 Å². The maximum Gasteiger partial charge on any atom is 0.205 e. The summed E-state index contributed by atoms with van der Waals surface area (Å²) in [6, 6.07) is 16.5. The van der Waals surface area contributed by atoms with E-state index in [1.807, 2.05) is 30.3 Å². The van der Waals surface area contributed by atoms with Crippen molar-refractivity contribution in [2.45, 2.75) is 0 Å². The molecular weight excluding hydrogens is 274 g/mol. The molecule has 0 aliphatic heterocycles. The first-order chi connectivity index (χ1) is 9.78. The summed E-state index contributed by atoms with van der Waals surface area (Å²) in [4.78, 5) is 1.33. The number of benzene rings is 2. The minimum Gasteiger partial charge on any atom is -0.192 e. The van der Waals surface area contributed by atoms with E-state index in [2.05, 4.69) is 21.5 Å². The molecule has 0 N–H and O–H groups in total. The van der Waals surface area contributed by atoms with Crippen molar-refractivity contribution >= 4 is 11.6 Å². The molecule has 0 aliphatic carbocycles. The van der Waals surface area contributed by atoms with E-state index in [4.69, 9.17) is 16.9 Å². The molecule has 0 aliphatic rings. The summed E-state index contributed by atoms with van der Waals surface area (Å²) >= 11 is 5.87. The molecule has 6 heteroatoms. The Morgan fingerprint density at radius 2 is 1.90 bits per heavy atom. The van der Waals surface area contributed by atoms with Gasteiger partial charge in [-0.25, -0.2) is 0 Å². The molecule has 0 unspecified atom stereocenters. The first kappa shape index (κ1) is 12.3. The van der Waals surface area contributed by atoms with Crippen LogP contribution in [0.5, 0.6) is 0 Å². The highest BCUT2D eigenvalue weighted by atomic mass is 35.5. The maximum atomic E-state index is 9.13. The Morgan fingerprint density at radius 3 is 2.65 bits per heavy atom. The number of nitrogens with zero attached hydrogens (tertiary/aromatic N) is 5. The van der Waals surface area contributed by atoms with Gasteiger partial charge in [0.25, 0.3) is 0 Å². The van der Waals surface area contributed by atoms with E-state index >= 15 is 0 Å². The predicted octanol–water partition coefficient (Wildman–Crippen LogP) is 2.85. The number of aromatic nitrogens is 4. The van der Waals surface area contributed by atoms with Crippen LogP contribution in [0.15, 0.2) is 48.5 Å². The van der Waals surface area contributed by atoms with Crippen molar-refractivity contribution in [1.82, 2.24) is 20.2 Å². The largest absolute Gasteiger partial charge is 0.205 e. The van der Waals surface area contributed by atoms with Crippen LogP contribution in [-0.4, -0.2) is 20.2 Å². The monoisotopic (exact) mass is 281 g/mol. The molecule has 0 saturated heterocycles. The lowest BCUT2D eigenvalue weighted by Gasteiger charge is -2.01. The predicted molar refractivity (Wildman–Crippen MR) is 74.3 cm³/mol. The molecule has 20 heavy (non-hydrogen) atoms. The van der Waals surface area contributed by atoms with Crippen molar-refractivity contribution in [3.63, 3.8) is 0 Å².